The van der Waals surface area contributed by atoms with Crippen molar-refractivity contribution in [1.29, 1.82) is 0 Å². The molecule has 3 rings (SSSR count). The first kappa shape index (κ1) is 19.4. The molecule has 0 bridgehead atoms. The van der Waals surface area contributed by atoms with E-state index in [-0.39, 0.29) is 38.7 Å². The highest BCUT2D eigenvalue weighted by atomic mass is 35.5. The summed E-state index contributed by atoms with van der Waals surface area (Å²) in [7, 11) is 0. The number of thioether (sulfide) groups is 1. The number of phenols is 1. The second-order valence-corrected chi connectivity index (χ2v) is 7.32. The zero-order valence-corrected chi connectivity index (χ0v) is 15.5. The largest absolute Gasteiger partial charge is 0.506 e. The topological polar surface area (TPSA) is 49.3 Å². The third-order valence-corrected chi connectivity index (χ3v) is 4.93. The fraction of sp³-hybridized carbons (Fsp3) is 0.105. The van der Waals surface area contributed by atoms with Gasteiger partial charge in [0.05, 0.1) is 16.3 Å². The molecule has 0 saturated heterocycles. The second-order valence-electron chi connectivity index (χ2n) is 5.78. The van der Waals surface area contributed by atoms with Crippen LogP contribution in [0.1, 0.15) is 15.9 Å². The van der Waals surface area contributed by atoms with Crippen LogP contribution >= 0.6 is 23.4 Å². The molecule has 3 nitrogen and oxygen atoms in total. The first-order chi connectivity index (χ1) is 12.7. The molecule has 0 fully saturated rings. The lowest BCUT2D eigenvalue weighted by molar-refractivity contribution is -0.0328. The number of carbonyl (C=O) groups is 1. The molecular weight excluding hydrogens is 399 g/mol. The molecule has 2 N–H and O–H groups in total. The second kappa shape index (κ2) is 7.32. The summed E-state index contributed by atoms with van der Waals surface area (Å²) >= 11 is 5.70. The Morgan fingerprint density at radius 3 is 2.56 bits per heavy atom. The van der Waals surface area contributed by atoms with E-state index in [1.807, 2.05) is 25.1 Å². The summed E-state index contributed by atoms with van der Waals surface area (Å²) in [5.74, 6) is -0.778. The molecule has 0 spiro atoms. The van der Waals surface area contributed by atoms with Crippen molar-refractivity contribution in [3.63, 3.8) is 0 Å². The Hall–Kier alpha value is -2.38. The number of benzene rings is 3. The summed E-state index contributed by atoms with van der Waals surface area (Å²) in [6.45, 7) is 1.82. The van der Waals surface area contributed by atoms with E-state index < -0.39 is 11.4 Å². The Kier molecular flexibility index (Phi) is 5.26. The smallest absolute Gasteiger partial charge is 0.446 e. The van der Waals surface area contributed by atoms with Crippen LogP contribution in [-0.4, -0.2) is 16.5 Å². The molecule has 0 aliphatic carbocycles. The highest BCUT2D eigenvalue weighted by molar-refractivity contribution is 8.00. The Balaban J connectivity index is 1.89. The van der Waals surface area contributed by atoms with Crippen LogP contribution in [0.2, 0.25) is 5.02 Å². The van der Waals surface area contributed by atoms with Crippen molar-refractivity contribution in [3.8, 4) is 5.75 Å². The molecule has 3 aromatic carbocycles. The van der Waals surface area contributed by atoms with Crippen LogP contribution < -0.4 is 5.32 Å². The maximum atomic E-state index is 12.5. The lowest BCUT2D eigenvalue weighted by Gasteiger charge is -2.12. The van der Waals surface area contributed by atoms with Crippen molar-refractivity contribution in [2.24, 2.45) is 0 Å². The number of anilines is 1. The number of phenolic OH excluding ortho intramolecular Hbond substituents is 1. The molecule has 0 saturated carbocycles. The molecule has 8 heteroatoms. The van der Waals surface area contributed by atoms with Crippen LogP contribution in [0.5, 0.6) is 5.75 Å². The molecule has 1 amide bonds. The predicted octanol–water partition coefficient (Wildman–Crippen LogP) is 6.37. The minimum atomic E-state index is -4.43. The number of hydrogen-bond acceptors (Lipinski definition) is 3. The van der Waals surface area contributed by atoms with Crippen LogP contribution in [0, 0.1) is 6.92 Å². The van der Waals surface area contributed by atoms with E-state index in [0.717, 1.165) is 17.0 Å². The van der Waals surface area contributed by atoms with E-state index in [9.17, 15) is 23.1 Å². The van der Waals surface area contributed by atoms with Gasteiger partial charge in [0.15, 0.2) is 0 Å². The molecule has 3 aromatic rings. The van der Waals surface area contributed by atoms with Gasteiger partial charge in [-0.1, -0.05) is 35.9 Å². The summed E-state index contributed by atoms with van der Waals surface area (Å²) in [5.41, 5.74) is -3.42. The zero-order chi connectivity index (χ0) is 19.8. The Labute approximate surface area is 162 Å². The van der Waals surface area contributed by atoms with E-state index in [1.165, 1.54) is 18.2 Å². The normalized spacial score (nSPS) is 11.6. The number of nitrogens with one attached hydrogen (secondary N) is 1. The molecule has 0 aliphatic rings. The number of alkyl halides is 3. The lowest BCUT2D eigenvalue weighted by atomic mass is 10.0. The van der Waals surface area contributed by atoms with Crippen molar-refractivity contribution in [2.75, 3.05) is 5.32 Å². The van der Waals surface area contributed by atoms with Crippen LogP contribution in [-0.2, 0) is 0 Å². The lowest BCUT2D eigenvalue weighted by Crippen LogP contribution is -2.12. The van der Waals surface area contributed by atoms with Gasteiger partial charge in [-0.3, -0.25) is 4.79 Å². The van der Waals surface area contributed by atoms with Crippen molar-refractivity contribution in [1.82, 2.24) is 0 Å². The monoisotopic (exact) mass is 411 g/mol. The summed E-state index contributed by atoms with van der Waals surface area (Å²) < 4.78 is 37.3. The minimum Gasteiger partial charge on any atom is -0.506 e. The molecule has 0 radical (unpaired) electrons. The first-order valence-electron chi connectivity index (χ1n) is 7.73. The van der Waals surface area contributed by atoms with E-state index in [4.69, 9.17) is 11.6 Å². The van der Waals surface area contributed by atoms with Crippen LogP contribution in [0.25, 0.3) is 10.8 Å². The van der Waals surface area contributed by atoms with Crippen LogP contribution in [0.4, 0.5) is 18.9 Å². The average Bonchev–Trinajstić information content (AvgIpc) is 2.56. The fourth-order valence-electron chi connectivity index (χ4n) is 2.71. The van der Waals surface area contributed by atoms with Gasteiger partial charge in [0.2, 0.25) is 0 Å². The molecule has 0 atom stereocenters. The SMILES string of the molecule is Cc1cccc2ccc(C(=O)Nc3ccc(SC(F)(F)F)cc3Cl)c(O)c12. The van der Waals surface area contributed by atoms with E-state index in [1.54, 1.807) is 6.07 Å². The van der Waals surface area contributed by atoms with Gasteiger partial charge in [-0.25, -0.2) is 0 Å². The first-order valence-corrected chi connectivity index (χ1v) is 8.93. The van der Waals surface area contributed by atoms with Crippen molar-refractivity contribution >= 4 is 45.7 Å². The summed E-state index contributed by atoms with van der Waals surface area (Å²) in [6.07, 6.45) is 0. The third-order valence-electron chi connectivity index (χ3n) is 3.89. The third kappa shape index (κ3) is 4.31. The maximum absolute atomic E-state index is 12.5. The van der Waals surface area contributed by atoms with E-state index in [2.05, 4.69) is 5.32 Å². The molecular formula is C19H13ClF3NO2S. The quantitative estimate of drug-likeness (QED) is 0.492. The van der Waals surface area contributed by atoms with Gasteiger partial charge in [-0.05, 0) is 53.9 Å². The van der Waals surface area contributed by atoms with E-state index in [0.29, 0.717) is 5.39 Å². The van der Waals surface area contributed by atoms with Gasteiger partial charge < -0.3 is 10.4 Å². The van der Waals surface area contributed by atoms with Crippen molar-refractivity contribution in [2.45, 2.75) is 17.3 Å². The van der Waals surface area contributed by atoms with Gasteiger partial charge in [0.25, 0.3) is 5.91 Å². The average molecular weight is 412 g/mol. The van der Waals surface area contributed by atoms with Gasteiger partial charge in [-0.2, -0.15) is 13.2 Å². The number of amides is 1. The fourth-order valence-corrected chi connectivity index (χ4v) is 3.58. The van der Waals surface area contributed by atoms with Gasteiger partial charge in [0, 0.05) is 10.3 Å². The van der Waals surface area contributed by atoms with Gasteiger partial charge in [-0.15, -0.1) is 0 Å². The summed E-state index contributed by atoms with van der Waals surface area (Å²) in [6, 6.07) is 12.3. The number of aryl methyl sites for hydroxylation is 1. The van der Waals surface area contributed by atoms with E-state index >= 15 is 0 Å². The van der Waals surface area contributed by atoms with Gasteiger partial charge in [0.1, 0.15) is 5.75 Å². The van der Waals surface area contributed by atoms with Crippen LogP contribution in [0.3, 0.4) is 0 Å². The van der Waals surface area contributed by atoms with Crippen molar-refractivity contribution in [3.05, 3.63) is 64.7 Å². The Bertz CT molecular complexity index is 1040. The number of aromatic hydroxyl groups is 1. The summed E-state index contributed by atoms with van der Waals surface area (Å²) in [4.78, 5) is 12.5. The molecule has 140 valence electrons. The molecule has 27 heavy (non-hydrogen) atoms. The van der Waals surface area contributed by atoms with Gasteiger partial charge >= 0.3 is 5.51 Å². The summed E-state index contributed by atoms with van der Waals surface area (Å²) in [5, 5.41) is 14.3. The van der Waals surface area contributed by atoms with Crippen LogP contribution in [0.15, 0.2) is 53.4 Å². The number of fused-ring (bicyclic) bond motifs is 1. The Morgan fingerprint density at radius 2 is 1.89 bits per heavy atom. The highest BCUT2D eigenvalue weighted by Crippen LogP contribution is 2.39. The molecule has 0 aliphatic heterocycles. The predicted molar refractivity (Wildman–Crippen MR) is 102 cm³/mol. The minimum absolute atomic E-state index is 0.0333. The molecule has 0 aromatic heterocycles. The standard InChI is InChI=1S/C19H13ClF3NO2S/c1-10-3-2-4-11-5-7-13(17(25)16(10)11)18(26)24-15-8-6-12(9-14(15)20)27-19(21,22)23/h2-9,25H,1H3,(H,24,26). The van der Waals surface area contributed by atoms with Crippen molar-refractivity contribution < 1.29 is 23.1 Å². The highest BCUT2D eigenvalue weighted by Gasteiger charge is 2.29. The number of hydrogen-bond donors (Lipinski definition) is 2. The number of rotatable bonds is 3. The number of halogens is 4. The molecule has 0 unspecified atom stereocenters. The maximum Gasteiger partial charge on any atom is 0.446 e. The zero-order valence-electron chi connectivity index (χ0n) is 13.9. The number of carbonyl (C=O) groups excluding carboxylic acids is 1. The molecule has 0 heterocycles. The Morgan fingerprint density at radius 1 is 1.15 bits per heavy atom.